The Morgan fingerprint density at radius 1 is 0.254 bits per heavy atom. The molecule has 16 bridgehead atoms. The zero-order valence-corrected chi connectivity index (χ0v) is 69.5. The number of pyridine rings is 4. The molecule has 16 heterocycles. The SMILES string of the molecule is CCc1ccc2cc1OCC[n+]1ccc(cc1)-c1cc[n+](cc1)Cc1cc(cc(-c3ccc(C(C)(C)C)cc3)c1)C[n+]1ccc(cc1)-c1cc[n+](cc1)CCO2.F[P-](F)(F)(F)(F)F.F[P-](F)(F)(F)(F)F.F[P-](F)(F)(F)(F)F.F[P-](F)(F)(F)(F)F.c1cc2ccc1OCCOCCOCCOCCOc1ccc(cc1)OCCOCCOCCOCCO2. The molecule has 12 aliphatic heterocycles. The van der Waals surface area contributed by atoms with Gasteiger partial charge in [-0.1, -0.05) is 58.0 Å². The average Bonchev–Trinajstić information content (AvgIpc) is 0.791. The Morgan fingerprint density at radius 3 is 0.762 bits per heavy atom. The van der Waals surface area contributed by atoms with Crippen molar-refractivity contribution in [3.8, 4) is 67.9 Å². The van der Waals surface area contributed by atoms with Crippen LogP contribution in [0.2, 0.25) is 0 Å². The van der Waals surface area contributed by atoms with Gasteiger partial charge in [0.25, 0.3) is 0 Å². The third kappa shape index (κ3) is 54.0. The molecule has 5 aromatic carbocycles. The van der Waals surface area contributed by atoms with Gasteiger partial charge in [0.15, 0.2) is 75.8 Å². The third-order valence-electron chi connectivity index (χ3n) is 15.9. The van der Waals surface area contributed by atoms with Crippen molar-refractivity contribution in [3.63, 3.8) is 0 Å². The van der Waals surface area contributed by atoms with E-state index in [1.165, 1.54) is 55.6 Å². The van der Waals surface area contributed by atoms with Crippen LogP contribution in [0.3, 0.4) is 0 Å². The van der Waals surface area contributed by atoms with Gasteiger partial charge in [0.2, 0.25) is 0 Å². The van der Waals surface area contributed by atoms with Gasteiger partial charge in [0.1, 0.15) is 74.1 Å². The average molecular weight is 1860 g/mol. The van der Waals surface area contributed by atoms with Crippen LogP contribution in [0.4, 0.5) is 101 Å². The Balaban J connectivity index is 0.000000297. The summed E-state index contributed by atoms with van der Waals surface area (Å²) in [5.74, 6) is 4.76. The van der Waals surface area contributed by atoms with Crippen LogP contribution >= 0.6 is 31.2 Å². The number of halogens is 24. The summed E-state index contributed by atoms with van der Waals surface area (Å²) in [5.41, 5.74) is 12.4. The second kappa shape index (κ2) is 40.1. The molecule has 0 aliphatic carbocycles. The molecule has 0 N–H and O–H groups in total. The maximum Gasteiger partial charge on any atom is 0.119 e. The van der Waals surface area contributed by atoms with Gasteiger partial charge >= 0.3 is 132 Å². The van der Waals surface area contributed by atoms with Crippen molar-refractivity contribution in [3.05, 3.63) is 230 Å². The molecule has 0 atom stereocenters. The van der Waals surface area contributed by atoms with Crippen molar-refractivity contribution in [2.24, 2.45) is 0 Å². The fraction of sp³-hybridized carbons (Fsp3) is 0.359. The Kier molecular flexibility index (Phi) is 33.5. The first kappa shape index (κ1) is 102. The van der Waals surface area contributed by atoms with Crippen molar-refractivity contribution in [2.75, 3.05) is 119 Å². The smallest absolute Gasteiger partial charge is 0.119 e. The molecule has 0 saturated carbocycles. The minimum Gasteiger partial charge on any atom is -0.491 e. The fourth-order valence-electron chi connectivity index (χ4n) is 10.6. The summed E-state index contributed by atoms with van der Waals surface area (Å²) in [5, 5.41) is 0. The van der Waals surface area contributed by atoms with Crippen LogP contribution in [0.15, 0.2) is 207 Å². The summed E-state index contributed by atoms with van der Waals surface area (Å²) in [4.78, 5) is 0. The maximum atomic E-state index is 9.87. The number of aryl methyl sites for hydroxylation is 1. The minimum atomic E-state index is -10.7. The second-order valence-corrected chi connectivity index (χ2v) is 35.4. The standard InChI is InChI=1S/C50H52N4O2.C28H40O10.4F6P/c1-5-40-8-11-48-35-49(40)56-31-29-52-22-14-43(15-23-52)45-18-26-54(27-19-45)37-39-32-38(33-46(34-39)41-6-9-47(10-7-41)50(2,3)4)36-53-24-16-44(17-25-53)42-12-20-51(21-13-42)28-30-55-48;1-2-26-4-3-25(1)35-21-17-31-13-9-29-11-15-33-19-23-37-27-5-7-28(8-6-27)38-24-20-34-16-12-30-10-14-32-18-22-36-26;4*1-7(2,3,4,5)6/h6-27,32-35H,5,28-31,36-37H2,1-4H3;1-8H,9-24H2;;;;/q+4;;4*-1. The van der Waals surface area contributed by atoms with E-state index in [1.54, 1.807) is 0 Å². The molecule has 0 spiro atoms. The number of nitrogens with zero attached hydrogens (tertiary/aromatic N) is 4. The first-order chi connectivity index (χ1) is 55.9. The third-order valence-corrected chi connectivity index (χ3v) is 15.9. The van der Waals surface area contributed by atoms with Gasteiger partial charge in [0, 0.05) is 65.7 Å². The van der Waals surface area contributed by atoms with E-state index in [0.29, 0.717) is 119 Å². The summed E-state index contributed by atoms with van der Waals surface area (Å²) >= 11 is 0. The van der Waals surface area contributed by atoms with Crippen LogP contribution in [-0.4, -0.2) is 119 Å². The number of hydrogen-bond acceptors (Lipinski definition) is 12. The van der Waals surface area contributed by atoms with Gasteiger partial charge in [-0.05, 0) is 129 Å². The molecule has 0 radical (unpaired) electrons. The Morgan fingerprint density at radius 2 is 0.492 bits per heavy atom. The fourth-order valence-corrected chi connectivity index (χ4v) is 10.6. The minimum absolute atomic E-state index is 0.112. The van der Waals surface area contributed by atoms with E-state index < -0.39 is 31.2 Å². The quantitative estimate of drug-likeness (QED) is 0.0929. The number of aromatic nitrogens is 4. The number of rotatable bonds is 2. The van der Waals surface area contributed by atoms with E-state index in [2.05, 4.69) is 193 Å². The summed E-state index contributed by atoms with van der Waals surface area (Å²) in [6, 6.07) is 54.9. The molecule has 44 heteroatoms. The molecule has 21 rings (SSSR count). The molecule has 0 saturated heterocycles. The molecule has 9 aromatic rings. The zero-order chi connectivity index (χ0) is 90.5. The molecule has 0 amide bonds. The monoisotopic (exact) mass is 1860 g/mol. The van der Waals surface area contributed by atoms with Crippen molar-refractivity contribution in [2.45, 2.75) is 65.7 Å². The first-order valence-electron chi connectivity index (χ1n) is 37.0. The normalized spacial score (nSPS) is 17.4. The first-order valence-corrected chi connectivity index (χ1v) is 45.1. The predicted molar refractivity (Wildman–Crippen MR) is 414 cm³/mol. The van der Waals surface area contributed by atoms with Gasteiger partial charge in [-0.25, -0.2) is 18.3 Å². The predicted octanol–water partition coefficient (Wildman–Crippen LogP) is 24.8. The van der Waals surface area contributed by atoms with Crippen molar-refractivity contribution < 1.29 is 176 Å². The van der Waals surface area contributed by atoms with Crippen LogP contribution in [0.25, 0.3) is 33.4 Å². The van der Waals surface area contributed by atoms with Crippen molar-refractivity contribution in [1.82, 2.24) is 0 Å². The summed E-state index contributed by atoms with van der Waals surface area (Å²) < 4.78 is 314. The van der Waals surface area contributed by atoms with E-state index in [0.717, 1.165) is 67.1 Å². The van der Waals surface area contributed by atoms with Crippen molar-refractivity contribution >= 4 is 31.2 Å². The van der Waals surface area contributed by atoms with Gasteiger partial charge < -0.3 is 56.8 Å². The molecule has 0 unspecified atom stereocenters. The van der Waals surface area contributed by atoms with Crippen LogP contribution in [-0.2, 0) is 66.4 Å². The molecule has 0 fully saturated rings. The Labute approximate surface area is 686 Å². The molecule has 16 nitrogen and oxygen atoms in total. The van der Waals surface area contributed by atoms with E-state index in [-0.39, 0.29) is 5.41 Å². The van der Waals surface area contributed by atoms with E-state index in [9.17, 15) is 101 Å². The maximum absolute atomic E-state index is 10.7. The Hall–Kier alpha value is -8.70. The summed E-state index contributed by atoms with van der Waals surface area (Å²) in [6.07, 6.45) is 18.2. The van der Waals surface area contributed by atoms with Crippen LogP contribution in [0, 0.1) is 0 Å². The van der Waals surface area contributed by atoms with Gasteiger partial charge in [0.05, 0.1) is 79.3 Å². The van der Waals surface area contributed by atoms with Gasteiger partial charge in [-0.15, -0.1) is 0 Å². The van der Waals surface area contributed by atoms with Crippen LogP contribution < -0.4 is 46.7 Å². The second-order valence-electron chi connectivity index (χ2n) is 27.7. The van der Waals surface area contributed by atoms with Gasteiger partial charge in [-0.2, -0.15) is 0 Å². The van der Waals surface area contributed by atoms with E-state index in [4.69, 9.17) is 56.8 Å². The summed E-state index contributed by atoms with van der Waals surface area (Å²) in [7, 11) is -42.6. The molecular formula is C78H92F24N4O12P4. The Bertz CT molecular complexity index is 4410. The molecule has 122 heavy (non-hydrogen) atoms. The molecule has 684 valence electrons. The molecular weight excluding hydrogens is 1760 g/mol. The topological polar surface area (TPSA) is 126 Å². The number of benzene rings is 5. The van der Waals surface area contributed by atoms with Crippen LogP contribution in [0.5, 0.6) is 34.5 Å². The van der Waals surface area contributed by atoms with E-state index in [1.807, 2.05) is 60.7 Å². The number of ether oxygens (including phenoxy) is 12. The summed E-state index contributed by atoms with van der Waals surface area (Å²) in [6.45, 7) is 20.9. The zero-order valence-electron chi connectivity index (χ0n) is 65.9. The molecule has 12 aliphatic rings. The number of hydrogen-bond donors (Lipinski definition) is 0. The van der Waals surface area contributed by atoms with Crippen molar-refractivity contribution in [1.29, 1.82) is 0 Å². The van der Waals surface area contributed by atoms with Crippen LogP contribution in [0.1, 0.15) is 49.9 Å². The molecule has 4 aromatic heterocycles. The largest absolute Gasteiger partial charge is 0.491 e. The van der Waals surface area contributed by atoms with E-state index >= 15 is 0 Å². The van der Waals surface area contributed by atoms with Gasteiger partial charge in [-0.3, -0.25) is 0 Å².